The molecule has 0 radical (unpaired) electrons. The minimum atomic E-state index is -2.99. The Morgan fingerprint density at radius 3 is 3.11 bits per heavy atom. The lowest BCUT2D eigenvalue weighted by Gasteiger charge is -2.17. The van der Waals surface area contributed by atoms with Crippen molar-refractivity contribution in [1.82, 2.24) is 9.99 Å². The van der Waals surface area contributed by atoms with Gasteiger partial charge in [0.2, 0.25) is 0 Å². The maximum Gasteiger partial charge on any atom is 0.177 e. The maximum atomic E-state index is 11.6. The molecule has 2 fully saturated rings. The van der Waals surface area contributed by atoms with E-state index in [-0.39, 0.29) is 22.8 Å². The molecule has 0 aromatic carbocycles. The molecule has 3 rings (SSSR count). The minimum Gasteiger partial charge on any atom is -0.277 e. The molecule has 0 bridgehead atoms. The van der Waals surface area contributed by atoms with E-state index < -0.39 is 9.84 Å². The van der Waals surface area contributed by atoms with E-state index in [9.17, 15) is 8.42 Å². The van der Waals surface area contributed by atoms with E-state index in [4.69, 9.17) is 5.41 Å². The van der Waals surface area contributed by atoms with E-state index in [2.05, 4.69) is 10.1 Å². The molecule has 100 valence electrons. The number of rotatable bonds is 2. The van der Waals surface area contributed by atoms with Gasteiger partial charge in [0.25, 0.3) is 0 Å². The highest BCUT2D eigenvalue weighted by Gasteiger charge is 2.48. The third-order valence-electron chi connectivity index (χ3n) is 3.07. The number of amidine groups is 1. The molecule has 2 atom stereocenters. The Morgan fingerprint density at radius 2 is 2.37 bits per heavy atom. The molecule has 6 nitrogen and oxygen atoms in total. The molecule has 3 heterocycles. The van der Waals surface area contributed by atoms with Crippen molar-refractivity contribution in [3.8, 4) is 0 Å². The van der Waals surface area contributed by atoms with E-state index in [0.717, 1.165) is 5.56 Å². The molecule has 19 heavy (non-hydrogen) atoms. The van der Waals surface area contributed by atoms with Crippen LogP contribution in [0.5, 0.6) is 0 Å². The summed E-state index contributed by atoms with van der Waals surface area (Å²) in [6.45, 7) is 0. The predicted molar refractivity (Wildman–Crippen MR) is 75.2 cm³/mol. The van der Waals surface area contributed by atoms with Crippen LogP contribution in [0.3, 0.4) is 0 Å². The summed E-state index contributed by atoms with van der Waals surface area (Å²) in [7, 11) is -2.99. The summed E-state index contributed by atoms with van der Waals surface area (Å²) in [5.74, 6) is 0.223. The zero-order valence-electron chi connectivity index (χ0n) is 9.93. The summed E-state index contributed by atoms with van der Waals surface area (Å²) in [6, 6.07) is 3.44. The van der Waals surface area contributed by atoms with Crippen LogP contribution in [0.25, 0.3) is 0 Å². The first-order valence-corrected chi connectivity index (χ1v) is 8.44. The zero-order chi connectivity index (χ0) is 13.5. The molecular formula is C11H12N4O2S2. The van der Waals surface area contributed by atoms with Crippen molar-refractivity contribution in [2.45, 2.75) is 11.3 Å². The summed E-state index contributed by atoms with van der Waals surface area (Å²) < 4.78 is 23.2. The van der Waals surface area contributed by atoms with Crippen molar-refractivity contribution in [1.29, 1.82) is 5.41 Å². The SMILES string of the molecule is N=C1S[C@@H]2CS(=O)(=O)C[C@@H]2N1/N=C\c1cccnc1. The standard InChI is InChI=1S/C11H12N4O2S2/c12-11-15(14-5-8-2-1-3-13-4-8)9-6-19(16,17)7-10(9)18-11/h1-5,9-10,12H,6-7H2/b12-11?,14-5-/t9-,10+/m0/s1. The number of thioether (sulfide) groups is 1. The number of hydrogen-bond acceptors (Lipinski definition) is 6. The second-order valence-corrected chi connectivity index (χ2v) is 7.86. The Labute approximate surface area is 115 Å². The lowest BCUT2D eigenvalue weighted by atomic mass is 10.2. The number of hydrazone groups is 1. The van der Waals surface area contributed by atoms with E-state index in [0.29, 0.717) is 5.17 Å². The first-order valence-electron chi connectivity index (χ1n) is 5.74. The first kappa shape index (κ1) is 12.6. The molecule has 1 aromatic heterocycles. The van der Waals surface area contributed by atoms with Gasteiger partial charge in [-0.2, -0.15) is 5.10 Å². The lowest BCUT2D eigenvalue weighted by molar-refractivity contribution is 0.376. The first-order chi connectivity index (χ1) is 9.05. The van der Waals surface area contributed by atoms with Crippen LogP contribution in [0.1, 0.15) is 5.56 Å². The van der Waals surface area contributed by atoms with Crippen molar-refractivity contribution in [3.63, 3.8) is 0 Å². The monoisotopic (exact) mass is 296 g/mol. The Morgan fingerprint density at radius 1 is 1.53 bits per heavy atom. The van der Waals surface area contributed by atoms with Gasteiger partial charge in [0, 0.05) is 23.2 Å². The highest BCUT2D eigenvalue weighted by Crippen LogP contribution is 2.37. The number of aromatic nitrogens is 1. The van der Waals surface area contributed by atoms with E-state index in [1.165, 1.54) is 16.8 Å². The van der Waals surface area contributed by atoms with Gasteiger partial charge >= 0.3 is 0 Å². The molecule has 0 saturated carbocycles. The van der Waals surface area contributed by atoms with Crippen LogP contribution in [0, 0.1) is 5.41 Å². The Kier molecular flexibility index (Phi) is 3.06. The Hall–Kier alpha value is -1.41. The molecule has 2 aliphatic heterocycles. The summed E-state index contributed by atoms with van der Waals surface area (Å²) >= 11 is 1.28. The fraction of sp³-hybridized carbons (Fsp3) is 0.364. The van der Waals surface area contributed by atoms with Crippen LogP contribution in [0.2, 0.25) is 0 Å². The highest BCUT2D eigenvalue weighted by atomic mass is 32.2. The minimum absolute atomic E-state index is 0.0662. The van der Waals surface area contributed by atoms with Gasteiger partial charge in [-0.25, -0.2) is 13.4 Å². The average Bonchev–Trinajstić information content (AvgIpc) is 2.79. The number of sulfone groups is 1. The van der Waals surface area contributed by atoms with E-state index >= 15 is 0 Å². The molecule has 0 spiro atoms. The number of fused-ring (bicyclic) bond motifs is 1. The predicted octanol–water partition coefficient (Wildman–Crippen LogP) is 0.565. The lowest BCUT2D eigenvalue weighted by Crippen LogP contribution is -2.32. The van der Waals surface area contributed by atoms with Gasteiger partial charge in [0.1, 0.15) is 0 Å². The number of hydrogen-bond donors (Lipinski definition) is 1. The number of pyridine rings is 1. The topological polar surface area (TPSA) is 86.5 Å². The maximum absolute atomic E-state index is 11.6. The van der Waals surface area contributed by atoms with Crippen LogP contribution in [0.15, 0.2) is 29.6 Å². The van der Waals surface area contributed by atoms with Crippen molar-refractivity contribution in [2.24, 2.45) is 5.10 Å². The third-order valence-corrected chi connectivity index (χ3v) is 6.19. The molecule has 1 aromatic rings. The van der Waals surface area contributed by atoms with Crippen molar-refractivity contribution >= 4 is 33.0 Å². The average molecular weight is 296 g/mol. The number of nitrogens with zero attached hydrogens (tertiary/aromatic N) is 3. The number of nitrogens with one attached hydrogen (secondary N) is 1. The van der Waals surface area contributed by atoms with Gasteiger partial charge in [-0.1, -0.05) is 17.8 Å². The van der Waals surface area contributed by atoms with Crippen LogP contribution >= 0.6 is 11.8 Å². The Bertz CT molecular complexity index is 629. The molecule has 0 aliphatic carbocycles. The van der Waals surface area contributed by atoms with Crippen LogP contribution in [-0.2, 0) is 9.84 Å². The second kappa shape index (κ2) is 4.61. The second-order valence-electron chi connectivity index (χ2n) is 4.48. The van der Waals surface area contributed by atoms with Crippen molar-refractivity contribution in [3.05, 3.63) is 30.1 Å². The van der Waals surface area contributed by atoms with Gasteiger partial charge in [0.15, 0.2) is 15.0 Å². The van der Waals surface area contributed by atoms with Gasteiger partial charge in [-0.3, -0.25) is 10.4 Å². The van der Waals surface area contributed by atoms with Gasteiger partial charge in [-0.15, -0.1) is 0 Å². The smallest absolute Gasteiger partial charge is 0.177 e. The van der Waals surface area contributed by atoms with Gasteiger partial charge in [0.05, 0.1) is 23.8 Å². The van der Waals surface area contributed by atoms with Gasteiger partial charge < -0.3 is 0 Å². The molecule has 1 N–H and O–H groups in total. The summed E-state index contributed by atoms with van der Waals surface area (Å²) in [5.41, 5.74) is 0.824. The van der Waals surface area contributed by atoms with Crippen LogP contribution < -0.4 is 0 Å². The Balaban J connectivity index is 1.81. The van der Waals surface area contributed by atoms with E-state index in [1.807, 2.05) is 6.07 Å². The fourth-order valence-electron chi connectivity index (χ4n) is 2.20. The normalized spacial score (nSPS) is 29.1. The molecule has 2 aliphatic rings. The van der Waals surface area contributed by atoms with Gasteiger partial charge in [-0.05, 0) is 6.07 Å². The largest absolute Gasteiger partial charge is 0.277 e. The van der Waals surface area contributed by atoms with Crippen LogP contribution in [-0.4, -0.2) is 52.6 Å². The third kappa shape index (κ3) is 2.50. The zero-order valence-corrected chi connectivity index (χ0v) is 11.6. The van der Waals surface area contributed by atoms with E-state index in [1.54, 1.807) is 24.7 Å². The molecule has 2 saturated heterocycles. The fourth-order valence-corrected chi connectivity index (χ4v) is 5.92. The summed E-state index contributed by atoms with van der Waals surface area (Å²) in [6.07, 6.45) is 4.94. The molecule has 0 amide bonds. The van der Waals surface area contributed by atoms with Crippen molar-refractivity contribution in [2.75, 3.05) is 11.5 Å². The van der Waals surface area contributed by atoms with Crippen LogP contribution in [0.4, 0.5) is 0 Å². The summed E-state index contributed by atoms with van der Waals surface area (Å²) in [4.78, 5) is 3.97. The molecular weight excluding hydrogens is 284 g/mol. The molecule has 8 heteroatoms. The summed E-state index contributed by atoms with van der Waals surface area (Å²) in [5, 5.41) is 13.9. The molecule has 0 unspecified atom stereocenters. The quantitative estimate of drug-likeness (QED) is 0.806. The highest BCUT2D eigenvalue weighted by molar-refractivity contribution is 8.15. The van der Waals surface area contributed by atoms with Crippen molar-refractivity contribution < 1.29 is 8.42 Å².